The molecule has 2 amide bonds. The van der Waals surface area contributed by atoms with Crippen molar-refractivity contribution in [2.45, 2.75) is 13.3 Å². The van der Waals surface area contributed by atoms with Gasteiger partial charge in [-0.3, -0.25) is 9.59 Å². The first-order valence-electron chi connectivity index (χ1n) is 8.76. The third-order valence-corrected chi connectivity index (χ3v) is 4.72. The molecule has 2 aromatic rings. The molecule has 0 saturated carbocycles. The fraction of sp³-hybridized carbons (Fsp3) is 0.300. The summed E-state index contributed by atoms with van der Waals surface area (Å²) in [6.07, 6.45) is 0.747. The molecule has 0 atom stereocenters. The lowest BCUT2D eigenvalue weighted by atomic mass is 10.1. The number of hydrogen-bond acceptors (Lipinski definition) is 3. The number of carbonyl (C=O) groups is 2. The summed E-state index contributed by atoms with van der Waals surface area (Å²) >= 11 is 0. The number of rotatable bonds is 3. The third-order valence-electron chi connectivity index (χ3n) is 4.72. The van der Waals surface area contributed by atoms with Crippen LogP contribution in [0.5, 0.6) is 5.75 Å². The van der Waals surface area contributed by atoms with Gasteiger partial charge < -0.3 is 14.9 Å². The number of benzene rings is 2. The zero-order chi connectivity index (χ0) is 19.6. The Labute approximate surface area is 155 Å². The van der Waals surface area contributed by atoms with Gasteiger partial charge in [-0.1, -0.05) is 13.0 Å². The molecule has 1 heterocycles. The maximum absolute atomic E-state index is 13.3. The Morgan fingerprint density at radius 3 is 2.15 bits per heavy atom. The number of phenols is 1. The van der Waals surface area contributed by atoms with Gasteiger partial charge in [-0.2, -0.15) is 0 Å². The van der Waals surface area contributed by atoms with Crippen LogP contribution in [0, 0.1) is 11.6 Å². The van der Waals surface area contributed by atoms with Crippen molar-refractivity contribution >= 4 is 11.8 Å². The zero-order valence-electron chi connectivity index (χ0n) is 14.9. The van der Waals surface area contributed by atoms with Crippen LogP contribution >= 0.6 is 0 Å². The highest BCUT2D eigenvalue weighted by Gasteiger charge is 2.27. The van der Waals surface area contributed by atoms with E-state index in [0.29, 0.717) is 13.1 Å². The van der Waals surface area contributed by atoms with Crippen molar-refractivity contribution in [3.05, 3.63) is 64.7 Å². The lowest BCUT2D eigenvalue weighted by Gasteiger charge is -2.35. The van der Waals surface area contributed by atoms with Crippen molar-refractivity contribution in [2.24, 2.45) is 0 Å². The molecule has 27 heavy (non-hydrogen) atoms. The number of amides is 2. The summed E-state index contributed by atoms with van der Waals surface area (Å²) in [6, 6.07) is 8.00. The number of aryl methyl sites for hydroxylation is 1. The molecule has 0 aromatic heterocycles. The van der Waals surface area contributed by atoms with Crippen LogP contribution in [0.4, 0.5) is 8.78 Å². The van der Waals surface area contributed by atoms with Gasteiger partial charge in [0.1, 0.15) is 5.75 Å². The molecule has 1 saturated heterocycles. The fourth-order valence-electron chi connectivity index (χ4n) is 3.07. The molecular formula is C20H20F2N2O3. The summed E-state index contributed by atoms with van der Waals surface area (Å²) in [4.78, 5) is 28.2. The van der Waals surface area contributed by atoms with E-state index in [9.17, 15) is 23.5 Å². The first-order valence-corrected chi connectivity index (χ1v) is 8.76. The molecule has 2 aromatic carbocycles. The van der Waals surface area contributed by atoms with Crippen LogP contribution in [0.15, 0.2) is 36.4 Å². The Bertz CT molecular complexity index is 878. The van der Waals surface area contributed by atoms with E-state index in [4.69, 9.17) is 0 Å². The molecule has 5 nitrogen and oxygen atoms in total. The van der Waals surface area contributed by atoms with Crippen molar-refractivity contribution in [3.8, 4) is 5.75 Å². The van der Waals surface area contributed by atoms with Crippen LogP contribution in [0.2, 0.25) is 0 Å². The normalized spacial score (nSPS) is 14.3. The Balaban J connectivity index is 1.67. The van der Waals surface area contributed by atoms with Gasteiger partial charge >= 0.3 is 0 Å². The van der Waals surface area contributed by atoms with E-state index in [1.54, 1.807) is 17.0 Å². The van der Waals surface area contributed by atoms with Gasteiger partial charge in [0.2, 0.25) is 0 Å². The molecule has 0 bridgehead atoms. The molecule has 142 valence electrons. The predicted molar refractivity (Wildman–Crippen MR) is 95.6 cm³/mol. The van der Waals surface area contributed by atoms with Crippen molar-refractivity contribution in [3.63, 3.8) is 0 Å². The van der Waals surface area contributed by atoms with Gasteiger partial charge in [0.15, 0.2) is 11.6 Å². The average molecular weight is 374 g/mol. The smallest absolute Gasteiger partial charge is 0.257 e. The van der Waals surface area contributed by atoms with E-state index in [2.05, 4.69) is 0 Å². The standard InChI is InChI=1S/C20H20F2N2O3/c1-2-13-3-6-18(25)15(11-13)20(27)24-9-7-23(8-10-24)19(26)14-4-5-16(21)17(22)12-14/h3-6,11-12,25H,2,7-10H2,1H3. The van der Waals surface area contributed by atoms with Gasteiger partial charge in [-0.15, -0.1) is 0 Å². The Kier molecular flexibility index (Phi) is 5.39. The van der Waals surface area contributed by atoms with Crippen LogP contribution in [-0.2, 0) is 6.42 Å². The highest BCUT2D eigenvalue weighted by molar-refractivity contribution is 5.97. The molecule has 0 spiro atoms. The average Bonchev–Trinajstić information content (AvgIpc) is 2.69. The summed E-state index contributed by atoms with van der Waals surface area (Å²) in [5.41, 5.74) is 1.26. The van der Waals surface area contributed by atoms with E-state index in [1.165, 1.54) is 17.0 Å². The van der Waals surface area contributed by atoms with Gasteiger partial charge in [0.05, 0.1) is 5.56 Å². The monoisotopic (exact) mass is 374 g/mol. The van der Waals surface area contributed by atoms with Crippen molar-refractivity contribution in [2.75, 3.05) is 26.2 Å². The molecular weight excluding hydrogens is 354 g/mol. The van der Waals surface area contributed by atoms with Gasteiger partial charge in [0, 0.05) is 31.7 Å². The predicted octanol–water partition coefficient (Wildman–Crippen LogP) is 2.83. The fourth-order valence-corrected chi connectivity index (χ4v) is 3.07. The Hall–Kier alpha value is -2.96. The minimum atomic E-state index is -1.07. The van der Waals surface area contributed by atoms with E-state index in [1.807, 2.05) is 6.92 Å². The van der Waals surface area contributed by atoms with E-state index in [-0.39, 0.29) is 35.9 Å². The minimum Gasteiger partial charge on any atom is -0.507 e. The van der Waals surface area contributed by atoms with Gasteiger partial charge in [-0.25, -0.2) is 8.78 Å². The van der Waals surface area contributed by atoms with Crippen molar-refractivity contribution < 1.29 is 23.5 Å². The van der Waals surface area contributed by atoms with Crippen LogP contribution in [0.25, 0.3) is 0 Å². The van der Waals surface area contributed by atoms with Crippen LogP contribution in [0.3, 0.4) is 0 Å². The molecule has 1 fully saturated rings. The van der Waals surface area contributed by atoms with E-state index < -0.39 is 17.5 Å². The highest BCUT2D eigenvalue weighted by atomic mass is 19.2. The minimum absolute atomic E-state index is 0.0713. The number of piperazine rings is 1. The molecule has 0 unspecified atom stereocenters. The lowest BCUT2D eigenvalue weighted by molar-refractivity contribution is 0.0533. The second kappa shape index (κ2) is 7.73. The second-order valence-corrected chi connectivity index (χ2v) is 6.42. The number of aromatic hydroxyl groups is 1. The highest BCUT2D eigenvalue weighted by Crippen LogP contribution is 2.22. The number of hydrogen-bond donors (Lipinski definition) is 1. The Morgan fingerprint density at radius 2 is 1.56 bits per heavy atom. The van der Waals surface area contributed by atoms with E-state index >= 15 is 0 Å². The SMILES string of the molecule is CCc1ccc(O)c(C(=O)N2CCN(C(=O)c3ccc(F)c(F)c3)CC2)c1. The molecule has 1 aliphatic heterocycles. The second-order valence-electron chi connectivity index (χ2n) is 6.42. The number of phenolic OH excluding ortho intramolecular Hbond substituents is 1. The molecule has 0 aliphatic carbocycles. The summed E-state index contributed by atoms with van der Waals surface area (Å²) in [6.45, 7) is 3.10. The molecule has 0 radical (unpaired) electrons. The van der Waals surface area contributed by atoms with Gasteiger partial charge in [0.25, 0.3) is 11.8 Å². The number of carbonyl (C=O) groups excluding carboxylic acids is 2. The zero-order valence-corrected chi connectivity index (χ0v) is 14.9. The number of halogens is 2. The van der Waals surface area contributed by atoms with Gasteiger partial charge in [-0.05, 0) is 42.3 Å². The summed E-state index contributed by atoms with van der Waals surface area (Å²) in [5, 5.41) is 9.99. The first kappa shape index (κ1) is 18.8. The lowest BCUT2D eigenvalue weighted by Crippen LogP contribution is -2.50. The first-order chi connectivity index (χ1) is 12.9. The molecule has 3 rings (SSSR count). The van der Waals surface area contributed by atoms with E-state index in [0.717, 1.165) is 24.1 Å². The maximum atomic E-state index is 13.3. The van der Waals surface area contributed by atoms with Crippen molar-refractivity contribution in [1.29, 1.82) is 0 Å². The summed E-state index contributed by atoms with van der Waals surface area (Å²) < 4.78 is 26.4. The molecule has 1 N–H and O–H groups in total. The number of nitrogens with zero attached hydrogens (tertiary/aromatic N) is 2. The molecule has 1 aliphatic rings. The van der Waals surface area contributed by atoms with Crippen LogP contribution < -0.4 is 0 Å². The Morgan fingerprint density at radius 1 is 0.926 bits per heavy atom. The maximum Gasteiger partial charge on any atom is 0.257 e. The summed E-state index contributed by atoms with van der Waals surface area (Å²) in [5.74, 6) is -2.84. The van der Waals surface area contributed by atoms with Crippen LogP contribution in [-0.4, -0.2) is 52.9 Å². The quantitative estimate of drug-likeness (QED) is 0.899. The summed E-state index contributed by atoms with van der Waals surface area (Å²) in [7, 11) is 0. The molecule has 7 heteroatoms. The van der Waals surface area contributed by atoms with Crippen LogP contribution in [0.1, 0.15) is 33.2 Å². The topological polar surface area (TPSA) is 60.9 Å². The third kappa shape index (κ3) is 3.92. The largest absolute Gasteiger partial charge is 0.507 e. The van der Waals surface area contributed by atoms with Crippen molar-refractivity contribution in [1.82, 2.24) is 9.80 Å².